The minimum atomic E-state index is -3.81. The zero-order valence-electron chi connectivity index (χ0n) is 16.4. The Morgan fingerprint density at radius 3 is 2.43 bits per heavy atom. The normalized spacial score (nSPS) is 11.3. The fourth-order valence-corrected chi connectivity index (χ4v) is 3.89. The molecule has 0 aliphatic carbocycles. The van der Waals surface area contributed by atoms with Crippen LogP contribution in [0.2, 0.25) is 5.02 Å². The monoisotopic (exact) mass is 449 g/mol. The summed E-state index contributed by atoms with van der Waals surface area (Å²) in [4.78, 5) is 8.59. The molecule has 0 aliphatic rings. The Labute approximate surface area is 179 Å². The lowest BCUT2D eigenvalue weighted by Gasteiger charge is -2.11. The van der Waals surface area contributed by atoms with Crippen molar-refractivity contribution < 1.29 is 12.8 Å². The van der Waals surface area contributed by atoms with Crippen molar-refractivity contribution in [3.8, 4) is 0 Å². The molecule has 2 aromatic carbocycles. The second-order valence-electron chi connectivity index (χ2n) is 6.61. The third-order valence-corrected chi connectivity index (χ3v) is 5.83. The molecule has 158 valence electrons. The molecule has 0 saturated carbocycles. The van der Waals surface area contributed by atoms with Crippen LogP contribution >= 0.6 is 11.6 Å². The van der Waals surface area contributed by atoms with E-state index in [1.54, 1.807) is 0 Å². The average molecular weight is 450 g/mol. The van der Waals surface area contributed by atoms with E-state index in [0.717, 1.165) is 35.1 Å². The number of nitrogens with zero attached hydrogens (tertiary/aromatic N) is 2. The number of nitrogens with one attached hydrogen (secondary N) is 3. The van der Waals surface area contributed by atoms with Crippen LogP contribution in [0.1, 0.15) is 11.3 Å². The number of sulfonamides is 1. The van der Waals surface area contributed by atoms with Gasteiger partial charge in [-0.05, 0) is 44.2 Å². The number of rotatable bonds is 8. The van der Waals surface area contributed by atoms with E-state index in [0.29, 0.717) is 11.8 Å². The van der Waals surface area contributed by atoms with Crippen LogP contribution < -0.4 is 15.4 Å². The Kier molecular flexibility index (Phi) is 6.86. The van der Waals surface area contributed by atoms with Gasteiger partial charge in [0.2, 0.25) is 16.0 Å². The molecule has 0 radical (unpaired) electrons. The van der Waals surface area contributed by atoms with Crippen molar-refractivity contribution in [2.24, 2.45) is 0 Å². The van der Waals surface area contributed by atoms with Gasteiger partial charge in [0.1, 0.15) is 11.6 Å². The SMILES string of the molecule is Cc1ccc(Nc2cc(C)nc(NCCNS(=O)(=O)c3ccc(F)c(Cl)c3)n2)cc1. The molecular formula is C20H21ClFN5O2S. The van der Waals surface area contributed by atoms with E-state index in [1.807, 2.05) is 44.2 Å². The lowest BCUT2D eigenvalue weighted by molar-refractivity contribution is 0.582. The minimum Gasteiger partial charge on any atom is -0.353 e. The smallest absolute Gasteiger partial charge is 0.240 e. The summed E-state index contributed by atoms with van der Waals surface area (Å²) < 4.78 is 40.2. The molecule has 0 atom stereocenters. The first kappa shape index (κ1) is 21.9. The predicted molar refractivity (Wildman–Crippen MR) is 116 cm³/mol. The highest BCUT2D eigenvalue weighted by molar-refractivity contribution is 7.89. The van der Waals surface area contributed by atoms with E-state index >= 15 is 0 Å². The number of hydrogen-bond acceptors (Lipinski definition) is 6. The molecule has 0 fully saturated rings. The third-order valence-electron chi connectivity index (χ3n) is 4.08. The van der Waals surface area contributed by atoms with Gasteiger partial charge in [0.05, 0.1) is 9.92 Å². The summed E-state index contributed by atoms with van der Waals surface area (Å²) in [6.45, 7) is 4.19. The molecule has 0 spiro atoms. The molecule has 0 bridgehead atoms. The first-order valence-corrected chi connectivity index (χ1v) is 11.0. The standard InChI is InChI=1S/C20H21ClFN5O2S/c1-13-3-5-15(6-4-13)26-19-11-14(2)25-20(27-19)23-9-10-24-30(28,29)16-7-8-18(22)17(21)12-16/h3-8,11-12,24H,9-10H2,1-2H3,(H2,23,25,26,27). The number of benzene rings is 2. The Bertz CT molecular complexity index is 1140. The molecule has 0 unspecified atom stereocenters. The highest BCUT2D eigenvalue weighted by Crippen LogP contribution is 2.19. The Hall–Kier alpha value is -2.75. The van der Waals surface area contributed by atoms with Gasteiger partial charge < -0.3 is 10.6 Å². The zero-order chi connectivity index (χ0) is 21.7. The van der Waals surface area contributed by atoms with Crippen LogP contribution in [-0.4, -0.2) is 31.5 Å². The van der Waals surface area contributed by atoms with Crippen LogP contribution in [0, 0.1) is 19.7 Å². The highest BCUT2D eigenvalue weighted by Gasteiger charge is 2.15. The summed E-state index contributed by atoms with van der Waals surface area (Å²) in [7, 11) is -3.81. The van der Waals surface area contributed by atoms with Crippen LogP contribution in [0.4, 0.5) is 21.8 Å². The molecule has 1 aromatic heterocycles. The van der Waals surface area contributed by atoms with Crippen LogP contribution in [0.3, 0.4) is 0 Å². The van der Waals surface area contributed by atoms with Crippen LogP contribution in [0.25, 0.3) is 0 Å². The number of hydrogen-bond donors (Lipinski definition) is 3. The van der Waals surface area contributed by atoms with Gasteiger partial charge >= 0.3 is 0 Å². The van der Waals surface area contributed by atoms with E-state index < -0.39 is 15.8 Å². The average Bonchev–Trinajstić information content (AvgIpc) is 2.69. The van der Waals surface area contributed by atoms with Gasteiger partial charge in [-0.2, -0.15) is 4.98 Å². The molecule has 3 N–H and O–H groups in total. The van der Waals surface area contributed by atoms with Crippen molar-refractivity contribution in [3.63, 3.8) is 0 Å². The summed E-state index contributed by atoms with van der Waals surface area (Å²) in [6, 6.07) is 13.0. The molecule has 0 amide bonds. The van der Waals surface area contributed by atoms with Gasteiger partial charge in [0, 0.05) is 30.5 Å². The van der Waals surface area contributed by atoms with E-state index in [-0.39, 0.29) is 23.0 Å². The fourth-order valence-electron chi connectivity index (χ4n) is 2.58. The topological polar surface area (TPSA) is 96.0 Å². The molecule has 30 heavy (non-hydrogen) atoms. The van der Waals surface area contributed by atoms with Crippen molar-refractivity contribution in [3.05, 3.63) is 70.6 Å². The molecule has 1 heterocycles. The van der Waals surface area contributed by atoms with Gasteiger partial charge in [0.15, 0.2) is 0 Å². The summed E-state index contributed by atoms with van der Waals surface area (Å²) in [5.74, 6) is 0.313. The van der Waals surface area contributed by atoms with Crippen molar-refractivity contribution >= 4 is 39.1 Å². The minimum absolute atomic E-state index is 0.0787. The summed E-state index contributed by atoms with van der Waals surface area (Å²) in [5, 5.41) is 5.95. The Morgan fingerprint density at radius 2 is 1.73 bits per heavy atom. The first-order valence-electron chi connectivity index (χ1n) is 9.11. The number of anilines is 3. The molecule has 7 nitrogen and oxygen atoms in total. The van der Waals surface area contributed by atoms with Crippen molar-refractivity contribution in [2.45, 2.75) is 18.7 Å². The quantitative estimate of drug-likeness (QED) is 0.449. The summed E-state index contributed by atoms with van der Waals surface area (Å²) in [5.41, 5.74) is 2.81. The Morgan fingerprint density at radius 1 is 1.00 bits per heavy atom. The van der Waals surface area contributed by atoms with Gasteiger partial charge in [-0.3, -0.25) is 0 Å². The molecule has 10 heteroatoms. The fraction of sp³-hybridized carbons (Fsp3) is 0.200. The summed E-state index contributed by atoms with van der Waals surface area (Å²) >= 11 is 5.65. The lowest BCUT2D eigenvalue weighted by atomic mass is 10.2. The summed E-state index contributed by atoms with van der Waals surface area (Å²) in [6.07, 6.45) is 0. The second-order valence-corrected chi connectivity index (χ2v) is 8.78. The zero-order valence-corrected chi connectivity index (χ0v) is 18.0. The number of halogens is 2. The van der Waals surface area contributed by atoms with Gasteiger partial charge in [0.25, 0.3) is 0 Å². The van der Waals surface area contributed by atoms with Gasteiger partial charge in [-0.25, -0.2) is 22.5 Å². The Balaban J connectivity index is 1.58. The predicted octanol–water partition coefficient (Wildman–Crippen LogP) is 4.02. The molecule has 0 aliphatic heterocycles. The van der Waals surface area contributed by atoms with E-state index in [9.17, 15) is 12.8 Å². The van der Waals surface area contributed by atoms with Crippen LogP contribution in [0.5, 0.6) is 0 Å². The van der Waals surface area contributed by atoms with E-state index in [4.69, 9.17) is 11.6 Å². The largest absolute Gasteiger partial charge is 0.353 e. The maximum absolute atomic E-state index is 13.2. The van der Waals surface area contributed by atoms with E-state index in [1.165, 1.54) is 0 Å². The van der Waals surface area contributed by atoms with Gasteiger partial charge in [-0.1, -0.05) is 29.3 Å². The van der Waals surface area contributed by atoms with Crippen LogP contribution in [-0.2, 0) is 10.0 Å². The molecule has 3 rings (SSSR count). The molecular weight excluding hydrogens is 429 g/mol. The molecule has 3 aromatic rings. The number of aromatic nitrogens is 2. The number of aryl methyl sites for hydroxylation is 2. The maximum atomic E-state index is 13.2. The van der Waals surface area contributed by atoms with E-state index in [2.05, 4.69) is 25.3 Å². The van der Waals surface area contributed by atoms with Gasteiger partial charge in [-0.15, -0.1) is 0 Å². The van der Waals surface area contributed by atoms with Crippen LogP contribution in [0.15, 0.2) is 53.4 Å². The molecule has 0 saturated heterocycles. The van der Waals surface area contributed by atoms with Crippen molar-refractivity contribution in [1.82, 2.24) is 14.7 Å². The lowest BCUT2D eigenvalue weighted by Crippen LogP contribution is -2.29. The second kappa shape index (κ2) is 9.38. The van der Waals surface area contributed by atoms with Crippen molar-refractivity contribution in [1.29, 1.82) is 0 Å². The first-order chi connectivity index (χ1) is 14.2. The third kappa shape index (κ3) is 5.88. The highest BCUT2D eigenvalue weighted by atomic mass is 35.5. The van der Waals surface area contributed by atoms with Crippen molar-refractivity contribution in [2.75, 3.05) is 23.7 Å². The maximum Gasteiger partial charge on any atom is 0.240 e.